The molecule has 1 saturated heterocycles. The molecule has 0 aromatic carbocycles. The van der Waals surface area contributed by atoms with Gasteiger partial charge in [0.2, 0.25) is 0 Å². The number of methoxy groups -OCH3 is 1. The number of amides is 1. The van der Waals surface area contributed by atoms with Crippen LogP contribution in [0.1, 0.15) is 33.6 Å². The zero-order valence-corrected chi connectivity index (χ0v) is 11.9. The fourth-order valence-electron chi connectivity index (χ4n) is 2.14. The van der Waals surface area contributed by atoms with Gasteiger partial charge in [0.25, 0.3) is 0 Å². The maximum atomic E-state index is 11.9. The third-order valence-electron chi connectivity index (χ3n) is 3.26. The first kappa shape index (κ1) is 15.2. The molecular weight excluding hydrogens is 234 g/mol. The fourth-order valence-corrected chi connectivity index (χ4v) is 2.14. The first-order chi connectivity index (χ1) is 8.32. The van der Waals surface area contributed by atoms with Crippen molar-refractivity contribution in [3.05, 3.63) is 0 Å². The van der Waals surface area contributed by atoms with Crippen molar-refractivity contribution in [1.82, 2.24) is 4.90 Å². The van der Waals surface area contributed by atoms with Crippen LogP contribution in [0.15, 0.2) is 0 Å². The van der Waals surface area contributed by atoms with Gasteiger partial charge in [-0.25, -0.2) is 4.79 Å². The molecule has 0 saturated carbocycles. The van der Waals surface area contributed by atoms with Crippen molar-refractivity contribution < 1.29 is 19.4 Å². The summed E-state index contributed by atoms with van der Waals surface area (Å²) in [5.41, 5.74) is -0.664. The van der Waals surface area contributed by atoms with Crippen molar-refractivity contribution in [3.63, 3.8) is 0 Å². The van der Waals surface area contributed by atoms with Gasteiger partial charge in [0, 0.05) is 25.6 Å². The third-order valence-corrected chi connectivity index (χ3v) is 3.26. The predicted molar refractivity (Wildman–Crippen MR) is 68.4 cm³/mol. The molecule has 0 radical (unpaired) electrons. The minimum absolute atomic E-state index is 0.100. The number of piperidine rings is 1. The van der Waals surface area contributed by atoms with Gasteiger partial charge < -0.3 is 19.5 Å². The maximum Gasteiger partial charge on any atom is 0.410 e. The highest BCUT2D eigenvalue weighted by Gasteiger charge is 2.36. The second-order valence-corrected chi connectivity index (χ2v) is 6.06. The first-order valence-corrected chi connectivity index (χ1v) is 6.40. The monoisotopic (exact) mass is 259 g/mol. The van der Waals surface area contributed by atoms with Crippen molar-refractivity contribution in [2.75, 3.05) is 33.4 Å². The molecule has 5 heteroatoms. The minimum Gasteiger partial charge on any atom is -0.444 e. The second kappa shape index (κ2) is 5.89. The molecule has 0 unspecified atom stereocenters. The van der Waals surface area contributed by atoms with Gasteiger partial charge in [-0.15, -0.1) is 0 Å². The number of carbonyl (C=O) groups excluding carboxylic acids is 1. The summed E-state index contributed by atoms with van der Waals surface area (Å²) in [4.78, 5) is 13.6. The quantitative estimate of drug-likeness (QED) is 0.837. The molecule has 1 heterocycles. The zero-order valence-electron chi connectivity index (χ0n) is 11.9. The molecule has 5 nitrogen and oxygen atoms in total. The van der Waals surface area contributed by atoms with E-state index < -0.39 is 5.60 Å². The SMILES string of the molecule is COCC1(CO)CCN(C(=O)OC(C)(C)C)CC1. The third kappa shape index (κ3) is 4.14. The summed E-state index contributed by atoms with van der Waals surface area (Å²) >= 11 is 0. The normalized spacial score (nSPS) is 19.7. The smallest absolute Gasteiger partial charge is 0.410 e. The Morgan fingerprint density at radius 3 is 2.28 bits per heavy atom. The van der Waals surface area contributed by atoms with Crippen molar-refractivity contribution >= 4 is 6.09 Å². The lowest BCUT2D eigenvalue weighted by atomic mass is 9.80. The van der Waals surface area contributed by atoms with Crippen LogP contribution in [0, 0.1) is 5.41 Å². The van der Waals surface area contributed by atoms with E-state index in [4.69, 9.17) is 9.47 Å². The van der Waals surface area contributed by atoms with E-state index >= 15 is 0 Å². The number of aliphatic hydroxyl groups is 1. The molecule has 0 aromatic heterocycles. The van der Waals surface area contributed by atoms with Gasteiger partial charge in [0.1, 0.15) is 5.60 Å². The van der Waals surface area contributed by atoms with E-state index in [0.29, 0.717) is 19.7 Å². The van der Waals surface area contributed by atoms with Gasteiger partial charge in [0.05, 0.1) is 13.2 Å². The lowest BCUT2D eigenvalue weighted by Gasteiger charge is -2.40. The molecule has 1 aliphatic rings. The molecule has 0 atom stereocenters. The molecule has 1 aliphatic heterocycles. The van der Waals surface area contributed by atoms with Gasteiger partial charge in [-0.05, 0) is 33.6 Å². The van der Waals surface area contributed by atoms with Crippen molar-refractivity contribution in [2.24, 2.45) is 5.41 Å². The van der Waals surface area contributed by atoms with Crippen LogP contribution >= 0.6 is 0 Å². The van der Waals surface area contributed by atoms with Crippen molar-refractivity contribution in [1.29, 1.82) is 0 Å². The van der Waals surface area contributed by atoms with Crippen LogP contribution in [0.5, 0.6) is 0 Å². The summed E-state index contributed by atoms with van der Waals surface area (Å²) in [5.74, 6) is 0. The Balaban J connectivity index is 2.50. The van der Waals surface area contributed by atoms with Gasteiger partial charge in [-0.2, -0.15) is 0 Å². The number of rotatable bonds is 3. The van der Waals surface area contributed by atoms with E-state index in [1.165, 1.54) is 0 Å². The molecule has 1 amide bonds. The van der Waals surface area contributed by atoms with Crippen molar-refractivity contribution in [2.45, 2.75) is 39.2 Å². The Kier molecular flexibility index (Phi) is 4.99. The Bertz CT molecular complexity index is 277. The molecule has 106 valence electrons. The van der Waals surface area contributed by atoms with E-state index in [0.717, 1.165) is 12.8 Å². The Hall–Kier alpha value is -0.810. The minimum atomic E-state index is -0.463. The summed E-state index contributed by atoms with van der Waals surface area (Å²) in [6, 6.07) is 0. The number of hydrogen-bond donors (Lipinski definition) is 1. The summed E-state index contributed by atoms with van der Waals surface area (Å²) < 4.78 is 10.5. The standard InChI is InChI=1S/C13H25NO4/c1-12(2,3)18-11(16)14-7-5-13(9-15,6-8-14)10-17-4/h15H,5-10H2,1-4H3. The van der Waals surface area contributed by atoms with Crippen molar-refractivity contribution in [3.8, 4) is 0 Å². The average Bonchev–Trinajstić information content (AvgIpc) is 2.28. The Labute approximate surface area is 109 Å². The van der Waals surface area contributed by atoms with Gasteiger partial charge in [-0.1, -0.05) is 0 Å². The second-order valence-electron chi connectivity index (χ2n) is 6.06. The van der Waals surface area contributed by atoms with Crippen LogP contribution in [0.4, 0.5) is 4.79 Å². The number of ether oxygens (including phenoxy) is 2. The van der Waals surface area contributed by atoms with Crippen LogP contribution in [0.3, 0.4) is 0 Å². The molecular formula is C13H25NO4. The molecule has 1 fully saturated rings. The fraction of sp³-hybridized carbons (Fsp3) is 0.923. The predicted octanol–water partition coefficient (Wildman–Crippen LogP) is 1.64. The van der Waals surface area contributed by atoms with Gasteiger partial charge in [-0.3, -0.25) is 0 Å². The van der Waals surface area contributed by atoms with Crippen LogP contribution in [-0.4, -0.2) is 55.1 Å². The van der Waals surface area contributed by atoms with E-state index in [1.54, 1.807) is 12.0 Å². The molecule has 1 N–H and O–H groups in total. The topological polar surface area (TPSA) is 59.0 Å². The maximum absolute atomic E-state index is 11.9. The van der Waals surface area contributed by atoms with E-state index in [-0.39, 0.29) is 18.1 Å². The van der Waals surface area contributed by atoms with E-state index in [2.05, 4.69) is 0 Å². The van der Waals surface area contributed by atoms with Crippen LogP contribution in [0.25, 0.3) is 0 Å². The highest BCUT2D eigenvalue weighted by molar-refractivity contribution is 5.68. The summed E-state index contributed by atoms with van der Waals surface area (Å²) in [6.07, 6.45) is 1.22. The zero-order chi connectivity index (χ0) is 13.8. The number of likely N-dealkylation sites (tertiary alicyclic amines) is 1. The lowest BCUT2D eigenvalue weighted by Crippen LogP contribution is -2.47. The van der Waals surface area contributed by atoms with Gasteiger partial charge in [0.15, 0.2) is 0 Å². The molecule has 0 spiro atoms. The van der Waals surface area contributed by atoms with Gasteiger partial charge >= 0.3 is 6.09 Å². The summed E-state index contributed by atoms with van der Waals surface area (Å²) in [7, 11) is 1.64. The van der Waals surface area contributed by atoms with Crippen LogP contribution < -0.4 is 0 Å². The first-order valence-electron chi connectivity index (χ1n) is 6.40. The Morgan fingerprint density at radius 2 is 1.89 bits per heavy atom. The van der Waals surface area contributed by atoms with Crippen LogP contribution in [0.2, 0.25) is 0 Å². The lowest BCUT2D eigenvalue weighted by molar-refractivity contribution is -0.0285. The number of nitrogens with zero attached hydrogens (tertiary/aromatic N) is 1. The molecule has 0 bridgehead atoms. The number of aliphatic hydroxyl groups excluding tert-OH is 1. The van der Waals surface area contributed by atoms with Crippen LogP contribution in [-0.2, 0) is 9.47 Å². The van der Waals surface area contributed by atoms with E-state index in [1.807, 2.05) is 20.8 Å². The molecule has 0 aliphatic carbocycles. The summed E-state index contributed by atoms with van der Waals surface area (Å²) in [6.45, 7) is 7.43. The summed E-state index contributed by atoms with van der Waals surface area (Å²) in [5, 5.41) is 9.47. The molecule has 1 rings (SSSR count). The molecule has 18 heavy (non-hydrogen) atoms. The highest BCUT2D eigenvalue weighted by Crippen LogP contribution is 2.31. The number of carbonyl (C=O) groups is 1. The largest absolute Gasteiger partial charge is 0.444 e. The van der Waals surface area contributed by atoms with E-state index in [9.17, 15) is 9.90 Å². The average molecular weight is 259 g/mol. The number of hydrogen-bond acceptors (Lipinski definition) is 4. The molecule has 0 aromatic rings. The Morgan fingerprint density at radius 1 is 1.33 bits per heavy atom. The highest BCUT2D eigenvalue weighted by atomic mass is 16.6.